The molecule has 9 nitrogen and oxygen atoms in total. The highest BCUT2D eigenvalue weighted by atomic mass is 32.2. The topological polar surface area (TPSA) is 138 Å². The van der Waals surface area contributed by atoms with Gasteiger partial charge in [-0.3, -0.25) is 5.10 Å². The number of nitrogens with zero attached hydrogens (tertiary/aromatic N) is 2. The number of sulfonamides is 1. The summed E-state index contributed by atoms with van der Waals surface area (Å²) in [6.07, 6.45) is 0. The van der Waals surface area contributed by atoms with Crippen molar-refractivity contribution >= 4 is 16.0 Å². The minimum atomic E-state index is -4.03. The highest BCUT2D eigenvalue weighted by Gasteiger charge is 2.28. The van der Waals surface area contributed by atoms with E-state index in [2.05, 4.69) is 20.1 Å². The van der Waals surface area contributed by atoms with E-state index < -0.39 is 21.7 Å². The Morgan fingerprint density at radius 3 is 2.57 bits per heavy atom. The molecule has 0 aliphatic carbocycles. The first-order chi connectivity index (χ1) is 9.74. The number of hydrogen-bond donors (Lipinski definition) is 3. The fraction of sp³-hybridized carbons (Fsp3) is 0.364. The average Bonchev–Trinajstić information content (AvgIpc) is 2.92. The van der Waals surface area contributed by atoms with E-state index >= 15 is 0 Å². The lowest BCUT2D eigenvalue weighted by Gasteiger charge is -2.06. The van der Waals surface area contributed by atoms with E-state index in [1.807, 2.05) is 0 Å². The predicted molar refractivity (Wildman–Crippen MR) is 70.3 cm³/mol. The molecule has 0 saturated heterocycles. The van der Waals surface area contributed by atoms with Gasteiger partial charge in [0.1, 0.15) is 10.7 Å². The van der Waals surface area contributed by atoms with Crippen LogP contribution in [0.25, 0.3) is 0 Å². The smallest absolute Gasteiger partial charge is 0.357 e. The minimum Gasteiger partial charge on any atom is -0.476 e. The summed E-state index contributed by atoms with van der Waals surface area (Å²) < 4.78 is 31.8. The third-order valence-corrected chi connectivity index (χ3v) is 4.54. The molecule has 0 aliphatic rings. The van der Waals surface area contributed by atoms with Crippen molar-refractivity contribution < 1.29 is 22.8 Å². The van der Waals surface area contributed by atoms with E-state index in [4.69, 9.17) is 9.63 Å². The first-order valence-corrected chi connectivity index (χ1v) is 7.42. The van der Waals surface area contributed by atoms with Crippen LogP contribution in [0.4, 0.5) is 0 Å². The lowest BCUT2D eigenvalue weighted by Crippen LogP contribution is -2.25. The van der Waals surface area contributed by atoms with Crippen molar-refractivity contribution in [3.8, 4) is 0 Å². The van der Waals surface area contributed by atoms with Gasteiger partial charge in [0.15, 0.2) is 5.69 Å². The molecule has 114 valence electrons. The number of rotatable bonds is 5. The van der Waals surface area contributed by atoms with Crippen LogP contribution in [0.5, 0.6) is 0 Å². The van der Waals surface area contributed by atoms with E-state index in [1.54, 1.807) is 13.8 Å². The summed E-state index contributed by atoms with van der Waals surface area (Å²) in [6, 6.07) is 0. The van der Waals surface area contributed by atoms with E-state index in [9.17, 15) is 13.2 Å². The Kier molecular flexibility index (Phi) is 3.83. The quantitative estimate of drug-likeness (QED) is 0.730. The van der Waals surface area contributed by atoms with Crippen LogP contribution < -0.4 is 4.72 Å². The molecule has 0 saturated carbocycles. The van der Waals surface area contributed by atoms with Gasteiger partial charge >= 0.3 is 5.97 Å². The third kappa shape index (κ3) is 2.81. The highest BCUT2D eigenvalue weighted by Crippen LogP contribution is 2.19. The summed E-state index contributed by atoms with van der Waals surface area (Å²) in [5, 5.41) is 18.6. The molecule has 2 aromatic rings. The number of aromatic carboxylic acids is 1. The van der Waals surface area contributed by atoms with Crippen LogP contribution in [0.3, 0.4) is 0 Å². The standard InChI is InChI=1S/C11H14N4O5S/c1-5-8(7(3)20-15-5)4-12-21(18,19)10-6(2)13-14-9(10)11(16)17/h12H,4H2,1-3H3,(H,13,14)(H,16,17). The zero-order valence-corrected chi connectivity index (χ0v) is 12.4. The Hall–Kier alpha value is -2.20. The number of H-pyrrole nitrogens is 1. The van der Waals surface area contributed by atoms with Gasteiger partial charge in [0.05, 0.1) is 11.4 Å². The first kappa shape index (κ1) is 15.2. The summed E-state index contributed by atoms with van der Waals surface area (Å²) in [6.45, 7) is 4.73. The summed E-state index contributed by atoms with van der Waals surface area (Å²) in [4.78, 5) is 10.6. The monoisotopic (exact) mass is 314 g/mol. The molecule has 10 heteroatoms. The molecule has 0 bridgehead atoms. The number of nitrogens with one attached hydrogen (secondary N) is 2. The number of carboxylic acid groups (broad SMARTS) is 1. The molecule has 0 aliphatic heterocycles. The van der Waals surface area contributed by atoms with Gasteiger partial charge in [-0.1, -0.05) is 5.16 Å². The van der Waals surface area contributed by atoms with E-state index in [-0.39, 0.29) is 17.1 Å². The van der Waals surface area contributed by atoms with Crippen LogP contribution in [0, 0.1) is 20.8 Å². The van der Waals surface area contributed by atoms with Crippen LogP contribution in [0.2, 0.25) is 0 Å². The largest absolute Gasteiger partial charge is 0.476 e. The molecule has 0 amide bonds. The van der Waals surface area contributed by atoms with E-state index in [0.717, 1.165) is 0 Å². The molecular formula is C11H14N4O5S. The summed E-state index contributed by atoms with van der Waals surface area (Å²) in [7, 11) is -4.03. The number of carbonyl (C=O) groups is 1. The minimum absolute atomic E-state index is 0.0484. The number of hydrogen-bond acceptors (Lipinski definition) is 6. The van der Waals surface area contributed by atoms with Gasteiger partial charge in [-0.05, 0) is 20.8 Å². The van der Waals surface area contributed by atoms with Gasteiger partial charge in [-0.15, -0.1) is 0 Å². The molecule has 0 unspecified atom stereocenters. The van der Waals surface area contributed by atoms with Crippen LogP contribution in [0.1, 0.15) is 33.2 Å². The molecule has 3 N–H and O–H groups in total. The molecule has 2 heterocycles. The average molecular weight is 314 g/mol. The maximum Gasteiger partial charge on any atom is 0.357 e. The molecule has 0 aromatic carbocycles. The van der Waals surface area contributed by atoms with Crippen LogP contribution in [-0.2, 0) is 16.6 Å². The SMILES string of the molecule is Cc1noc(C)c1CNS(=O)(=O)c1c(C(=O)O)n[nH]c1C. The molecular weight excluding hydrogens is 300 g/mol. The fourth-order valence-electron chi connectivity index (χ4n) is 1.89. The van der Waals surface area contributed by atoms with Gasteiger partial charge in [-0.2, -0.15) is 5.10 Å². The zero-order chi connectivity index (χ0) is 15.8. The Bertz CT molecular complexity index is 770. The van der Waals surface area contributed by atoms with E-state index in [0.29, 0.717) is 17.0 Å². The van der Waals surface area contributed by atoms with Crippen molar-refractivity contribution in [2.45, 2.75) is 32.2 Å². The van der Waals surface area contributed by atoms with Crippen molar-refractivity contribution in [2.24, 2.45) is 0 Å². The molecule has 0 spiro atoms. The van der Waals surface area contributed by atoms with Gasteiger partial charge in [-0.25, -0.2) is 17.9 Å². The highest BCUT2D eigenvalue weighted by molar-refractivity contribution is 7.89. The van der Waals surface area contributed by atoms with Gasteiger partial charge in [0.25, 0.3) is 0 Å². The lowest BCUT2D eigenvalue weighted by molar-refractivity contribution is 0.0686. The van der Waals surface area contributed by atoms with Gasteiger partial charge in [0, 0.05) is 12.1 Å². The second kappa shape index (κ2) is 5.30. The fourth-order valence-corrected chi connectivity index (χ4v) is 3.20. The van der Waals surface area contributed by atoms with Gasteiger partial charge in [0.2, 0.25) is 10.0 Å². The molecule has 21 heavy (non-hydrogen) atoms. The molecule has 2 rings (SSSR count). The summed E-state index contributed by atoms with van der Waals surface area (Å²) in [5.74, 6) is -0.922. The third-order valence-electron chi connectivity index (χ3n) is 2.98. The van der Waals surface area contributed by atoms with Crippen molar-refractivity contribution in [1.82, 2.24) is 20.1 Å². The number of aromatic amines is 1. The molecule has 0 fully saturated rings. The van der Waals surface area contributed by atoms with Crippen molar-refractivity contribution in [1.29, 1.82) is 0 Å². The Balaban J connectivity index is 2.32. The van der Waals surface area contributed by atoms with Crippen molar-refractivity contribution in [2.75, 3.05) is 0 Å². The normalized spacial score (nSPS) is 11.8. The zero-order valence-electron chi connectivity index (χ0n) is 11.6. The van der Waals surface area contributed by atoms with Gasteiger partial charge < -0.3 is 9.63 Å². The maximum absolute atomic E-state index is 12.3. The van der Waals surface area contributed by atoms with Crippen LogP contribution in [-0.4, -0.2) is 34.8 Å². The number of carboxylic acids is 1. The second-order valence-corrected chi connectivity index (χ2v) is 6.16. The van der Waals surface area contributed by atoms with Crippen LogP contribution in [0.15, 0.2) is 9.42 Å². The predicted octanol–water partition coefficient (Wildman–Crippen LogP) is 0.500. The summed E-state index contributed by atoms with van der Waals surface area (Å²) in [5.41, 5.74) is 0.784. The van der Waals surface area contributed by atoms with Crippen molar-refractivity contribution in [3.05, 3.63) is 28.4 Å². The first-order valence-electron chi connectivity index (χ1n) is 5.93. The molecule has 2 aromatic heterocycles. The number of aryl methyl sites for hydroxylation is 3. The van der Waals surface area contributed by atoms with Crippen molar-refractivity contribution in [3.63, 3.8) is 0 Å². The Labute approximate surface area is 120 Å². The molecule has 0 atom stereocenters. The second-order valence-electron chi connectivity index (χ2n) is 4.46. The summed E-state index contributed by atoms with van der Waals surface area (Å²) >= 11 is 0. The maximum atomic E-state index is 12.3. The number of aromatic nitrogens is 3. The van der Waals surface area contributed by atoms with E-state index in [1.165, 1.54) is 6.92 Å². The molecule has 0 radical (unpaired) electrons. The van der Waals surface area contributed by atoms with Crippen LogP contribution >= 0.6 is 0 Å². The Morgan fingerprint density at radius 1 is 1.38 bits per heavy atom. The Morgan fingerprint density at radius 2 is 2.05 bits per heavy atom. The lowest BCUT2D eigenvalue weighted by atomic mass is 10.2.